The molecule has 5 rings (SSSR count). The highest BCUT2D eigenvalue weighted by molar-refractivity contribution is 5.96. The molecule has 28 heavy (non-hydrogen) atoms. The van der Waals surface area contributed by atoms with Crippen LogP contribution < -0.4 is 4.74 Å². The molecule has 4 heterocycles. The second-order valence-electron chi connectivity index (χ2n) is 6.26. The first-order valence-corrected chi connectivity index (χ1v) is 8.82. The molecule has 0 spiro atoms. The fraction of sp³-hybridized carbons (Fsp3) is 0.222. The minimum absolute atomic E-state index is 0.296. The molecule has 0 aliphatic carbocycles. The molecule has 0 atom stereocenters. The molecule has 0 radical (unpaired) electrons. The van der Waals surface area contributed by atoms with Gasteiger partial charge in [-0.2, -0.15) is 4.52 Å². The predicted octanol–water partition coefficient (Wildman–Crippen LogP) is 2.43. The Hall–Kier alpha value is -3.82. The normalized spacial score (nSPS) is 11.5. The summed E-state index contributed by atoms with van der Waals surface area (Å²) >= 11 is 0. The first kappa shape index (κ1) is 16.4. The van der Waals surface area contributed by atoms with Gasteiger partial charge in [0.05, 0.1) is 11.9 Å². The van der Waals surface area contributed by atoms with E-state index in [9.17, 15) is 0 Å². The van der Waals surface area contributed by atoms with E-state index in [-0.39, 0.29) is 0 Å². The average Bonchev–Trinajstić information content (AvgIpc) is 3.45. The maximum absolute atomic E-state index is 6.05. The first-order valence-electron chi connectivity index (χ1n) is 8.82. The molecule has 4 aromatic heterocycles. The molecule has 10 heteroatoms. The number of aryl methyl sites for hydroxylation is 2. The lowest BCUT2D eigenvalue weighted by Gasteiger charge is -2.10. The smallest absolute Gasteiger partial charge is 0.240 e. The van der Waals surface area contributed by atoms with Crippen LogP contribution in [0.4, 0.5) is 0 Å². The Kier molecular flexibility index (Phi) is 3.75. The van der Waals surface area contributed by atoms with Gasteiger partial charge in [-0.25, -0.2) is 4.68 Å². The largest absolute Gasteiger partial charge is 0.470 e. The van der Waals surface area contributed by atoms with Crippen molar-refractivity contribution >= 4 is 16.4 Å². The van der Waals surface area contributed by atoms with Gasteiger partial charge in [-0.05, 0) is 19.9 Å². The first-order chi connectivity index (χ1) is 13.7. The highest BCUT2D eigenvalue weighted by atomic mass is 16.5. The summed E-state index contributed by atoms with van der Waals surface area (Å²) in [5, 5.41) is 26.9. The van der Waals surface area contributed by atoms with E-state index in [0.29, 0.717) is 42.0 Å². The highest BCUT2D eigenvalue weighted by Crippen LogP contribution is 2.29. The van der Waals surface area contributed by atoms with Crippen molar-refractivity contribution in [3.63, 3.8) is 0 Å². The van der Waals surface area contributed by atoms with Gasteiger partial charge in [0.1, 0.15) is 12.4 Å². The molecule has 1 aromatic carbocycles. The average molecular weight is 376 g/mol. The second kappa shape index (κ2) is 6.41. The molecular formula is C18H16N8O2. The summed E-state index contributed by atoms with van der Waals surface area (Å²) in [5.41, 5.74) is 2.05. The van der Waals surface area contributed by atoms with E-state index < -0.39 is 0 Å². The van der Waals surface area contributed by atoms with E-state index in [2.05, 4.69) is 30.8 Å². The topological polar surface area (TPSA) is 109 Å². The van der Waals surface area contributed by atoms with Crippen molar-refractivity contribution in [2.24, 2.45) is 0 Å². The minimum atomic E-state index is 0.296. The third-order valence-corrected chi connectivity index (χ3v) is 4.44. The molecule has 0 saturated carbocycles. The summed E-state index contributed by atoms with van der Waals surface area (Å²) in [6.45, 7) is 4.83. The van der Waals surface area contributed by atoms with Crippen molar-refractivity contribution in [2.45, 2.75) is 27.0 Å². The van der Waals surface area contributed by atoms with E-state index in [1.165, 1.54) is 0 Å². The Morgan fingerprint density at radius 2 is 2.00 bits per heavy atom. The number of nitrogens with zero attached hydrogens (tertiary/aromatic N) is 8. The third-order valence-electron chi connectivity index (χ3n) is 4.44. The summed E-state index contributed by atoms with van der Waals surface area (Å²) in [6, 6.07) is 9.57. The molecule has 0 N–H and O–H groups in total. The van der Waals surface area contributed by atoms with Crippen LogP contribution >= 0.6 is 0 Å². The van der Waals surface area contributed by atoms with E-state index in [1.54, 1.807) is 21.5 Å². The maximum Gasteiger partial charge on any atom is 0.240 e. The highest BCUT2D eigenvalue weighted by Gasteiger charge is 2.18. The summed E-state index contributed by atoms with van der Waals surface area (Å²) in [7, 11) is 0. The van der Waals surface area contributed by atoms with Crippen LogP contribution in [0.25, 0.3) is 27.9 Å². The summed E-state index contributed by atoms with van der Waals surface area (Å²) in [4.78, 5) is 0. The van der Waals surface area contributed by atoms with Gasteiger partial charge < -0.3 is 9.26 Å². The number of rotatable bonds is 5. The van der Waals surface area contributed by atoms with Crippen molar-refractivity contribution in [3.05, 3.63) is 48.0 Å². The Bertz CT molecular complexity index is 1290. The van der Waals surface area contributed by atoms with E-state index in [0.717, 1.165) is 16.5 Å². The Balaban J connectivity index is 1.64. The maximum atomic E-state index is 6.05. The van der Waals surface area contributed by atoms with E-state index >= 15 is 0 Å². The van der Waals surface area contributed by atoms with Crippen molar-refractivity contribution in [1.82, 2.24) is 40.0 Å². The second-order valence-corrected chi connectivity index (χ2v) is 6.26. The van der Waals surface area contributed by atoms with Gasteiger partial charge >= 0.3 is 0 Å². The lowest BCUT2D eigenvalue weighted by Crippen LogP contribution is -2.08. The molecule has 0 saturated heterocycles. The summed E-state index contributed by atoms with van der Waals surface area (Å²) in [6.07, 6.45) is 1.69. The van der Waals surface area contributed by atoms with Gasteiger partial charge in [0.2, 0.25) is 11.7 Å². The van der Waals surface area contributed by atoms with E-state index in [4.69, 9.17) is 9.26 Å². The molecular weight excluding hydrogens is 360 g/mol. The fourth-order valence-corrected chi connectivity index (χ4v) is 3.09. The molecule has 0 aliphatic rings. The van der Waals surface area contributed by atoms with Crippen molar-refractivity contribution in [3.8, 4) is 17.4 Å². The Morgan fingerprint density at radius 3 is 2.79 bits per heavy atom. The van der Waals surface area contributed by atoms with Crippen molar-refractivity contribution in [2.75, 3.05) is 0 Å². The number of ether oxygens (including phenoxy) is 1. The van der Waals surface area contributed by atoms with Crippen LogP contribution in [-0.2, 0) is 13.2 Å². The number of benzene rings is 1. The van der Waals surface area contributed by atoms with E-state index in [1.807, 2.05) is 38.1 Å². The quantitative estimate of drug-likeness (QED) is 0.460. The van der Waals surface area contributed by atoms with Crippen molar-refractivity contribution in [1.29, 1.82) is 0 Å². The molecule has 0 bridgehead atoms. The third kappa shape index (κ3) is 2.57. The van der Waals surface area contributed by atoms with Crippen LogP contribution in [0.1, 0.15) is 18.4 Å². The number of hydrogen-bond donors (Lipinski definition) is 0. The molecule has 0 amide bonds. The Labute approximate surface area is 158 Å². The van der Waals surface area contributed by atoms with Gasteiger partial charge in [-0.15, -0.1) is 20.4 Å². The summed E-state index contributed by atoms with van der Waals surface area (Å²) in [5.74, 6) is 1.64. The molecule has 5 aromatic rings. The number of hydrogen-bond acceptors (Lipinski definition) is 8. The monoisotopic (exact) mass is 376 g/mol. The Morgan fingerprint density at radius 1 is 1.14 bits per heavy atom. The summed E-state index contributed by atoms with van der Waals surface area (Å²) < 4.78 is 14.6. The zero-order valence-corrected chi connectivity index (χ0v) is 15.3. The molecule has 140 valence electrons. The van der Waals surface area contributed by atoms with Crippen LogP contribution in [0.3, 0.4) is 0 Å². The van der Waals surface area contributed by atoms with Crippen LogP contribution in [0.5, 0.6) is 5.88 Å². The molecule has 0 fully saturated rings. The zero-order chi connectivity index (χ0) is 19.1. The zero-order valence-electron chi connectivity index (χ0n) is 15.3. The van der Waals surface area contributed by atoms with Gasteiger partial charge in [0.15, 0.2) is 11.3 Å². The predicted molar refractivity (Wildman–Crippen MR) is 98.5 cm³/mol. The van der Waals surface area contributed by atoms with Crippen LogP contribution in [-0.4, -0.2) is 40.0 Å². The minimum Gasteiger partial charge on any atom is -0.470 e. The van der Waals surface area contributed by atoms with Gasteiger partial charge in [0.25, 0.3) is 0 Å². The van der Waals surface area contributed by atoms with Gasteiger partial charge in [0, 0.05) is 23.4 Å². The van der Waals surface area contributed by atoms with Crippen LogP contribution in [0, 0.1) is 6.92 Å². The lowest BCUT2D eigenvalue weighted by molar-refractivity contribution is 0.281. The number of fused-ring (bicyclic) bond motifs is 3. The molecule has 0 aliphatic heterocycles. The van der Waals surface area contributed by atoms with Crippen LogP contribution in [0.2, 0.25) is 0 Å². The molecule has 0 unspecified atom stereocenters. The SMILES string of the molecule is CCn1nncc1COc1nn2c(-c3cc(C)on3)nnc2c2ccccc12. The molecule has 10 nitrogen and oxygen atoms in total. The van der Waals surface area contributed by atoms with Crippen molar-refractivity contribution < 1.29 is 9.26 Å². The van der Waals surface area contributed by atoms with Gasteiger partial charge in [-0.1, -0.05) is 28.6 Å². The number of aromatic nitrogens is 8. The van der Waals surface area contributed by atoms with Gasteiger partial charge in [-0.3, -0.25) is 0 Å². The van der Waals surface area contributed by atoms with Crippen LogP contribution in [0.15, 0.2) is 41.1 Å². The fourth-order valence-electron chi connectivity index (χ4n) is 3.09. The standard InChI is InChI=1S/C18H16N8O2/c1-3-25-12(9-19-24-25)10-27-18-14-7-5-4-6-13(14)16-20-21-17(26(16)22-18)15-8-11(2)28-23-15/h4-9H,3,10H2,1-2H3. The lowest BCUT2D eigenvalue weighted by atomic mass is 10.2.